The normalized spacial score (nSPS) is 11.8. The largest absolute Gasteiger partial charge is 0.417 e. The van der Waals surface area contributed by atoms with Gasteiger partial charge in [0.2, 0.25) is 0 Å². The SMILES string of the molecule is CN(Cc1nc2ccsc2c(=O)[nH]1)c1ccc(C(F)(F)F)cn1. The summed E-state index contributed by atoms with van der Waals surface area (Å²) in [7, 11) is 1.66. The van der Waals surface area contributed by atoms with Crippen LogP contribution in [0.5, 0.6) is 0 Å². The van der Waals surface area contributed by atoms with Crippen LogP contribution in [0.25, 0.3) is 10.2 Å². The number of aromatic amines is 1. The van der Waals surface area contributed by atoms with Gasteiger partial charge in [-0.05, 0) is 23.6 Å². The van der Waals surface area contributed by atoms with Gasteiger partial charge in [-0.1, -0.05) is 0 Å². The molecule has 9 heteroatoms. The fourth-order valence-corrected chi connectivity index (χ4v) is 2.81. The Morgan fingerprint density at radius 3 is 2.74 bits per heavy atom. The third kappa shape index (κ3) is 3.19. The number of nitrogens with one attached hydrogen (secondary N) is 1. The highest BCUT2D eigenvalue weighted by atomic mass is 32.1. The van der Waals surface area contributed by atoms with Crippen LogP contribution in [-0.2, 0) is 12.7 Å². The zero-order valence-corrected chi connectivity index (χ0v) is 12.7. The number of anilines is 1. The van der Waals surface area contributed by atoms with Crippen LogP contribution in [0.4, 0.5) is 19.0 Å². The summed E-state index contributed by atoms with van der Waals surface area (Å²) < 4.78 is 38.1. The van der Waals surface area contributed by atoms with Gasteiger partial charge in [-0.3, -0.25) is 4.79 Å². The van der Waals surface area contributed by atoms with Gasteiger partial charge in [-0.25, -0.2) is 9.97 Å². The molecule has 23 heavy (non-hydrogen) atoms. The van der Waals surface area contributed by atoms with Gasteiger partial charge in [0, 0.05) is 13.2 Å². The summed E-state index contributed by atoms with van der Waals surface area (Å²) in [6.45, 7) is 0.222. The van der Waals surface area contributed by atoms with E-state index in [-0.39, 0.29) is 12.1 Å². The Morgan fingerprint density at radius 2 is 2.09 bits per heavy atom. The third-order valence-electron chi connectivity index (χ3n) is 3.22. The second-order valence-electron chi connectivity index (χ2n) is 4.91. The van der Waals surface area contributed by atoms with Gasteiger partial charge in [0.15, 0.2) is 0 Å². The molecule has 0 saturated heterocycles. The van der Waals surface area contributed by atoms with Crippen LogP contribution in [0, 0.1) is 0 Å². The minimum Gasteiger partial charge on any atom is -0.352 e. The lowest BCUT2D eigenvalue weighted by Gasteiger charge is -2.18. The number of hydrogen-bond donors (Lipinski definition) is 1. The standard InChI is InChI=1S/C14H11F3N4OS/c1-21(11-3-2-8(6-18-11)14(15,16)17)7-10-19-9-4-5-23-12(9)13(22)20-10/h2-6H,7H2,1H3,(H,19,20,22). The van der Waals surface area contributed by atoms with Crippen LogP contribution in [-0.4, -0.2) is 22.0 Å². The van der Waals surface area contributed by atoms with Crippen molar-refractivity contribution in [3.05, 3.63) is 51.5 Å². The summed E-state index contributed by atoms with van der Waals surface area (Å²) in [4.78, 5) is 24.3. The van der Waals surface area contributed by atoms with E-state index >= 15 is 0 Å². The molecule has 0 fully saturated rings. The van der Waals surface area contributed by atoms with Crippen LogP contribution in [0.2, 0.25) is 0 Å². The van der Waals surface area contributed by atoms with E-state index in [2.05, 4.69) is 15.0 Å². The Kier molecular flexibility index (Phi) is 3.80. The molecule has 0 saturated carbocycles. The maximum atomic E-state index is 12.5. The van der Waals surface area contributed by atoms with Gasteiger partial charge < -0.3 is 9.88 Å². The maximum absolute atomic E-state index is 12.5. The number of hydrogen-bond acceptors (Lipinski definition) is 5. The van der Waals surface area contributed by atoms with Gasteiger partial charge in [0.1, 0.15) is 16.3 Å². The van der Waals surface area contributed by atoms with Crippen molar-refractivity contribution in [3.63, 3.8) is 0 Å². The molecule has 0 aliphatic heterocycles. The van der Waals surface area contributed by atoms with Crippen molar-refractivity contribution >= 4 is 27.4 Å². The first-order valence-corrected chi connectivity index (χ1v) is 7.43. The van der Waals surface area contributed by atoms with E-state index in [9.17, 15) is 18.0 Å². The molecule has 0 aliphatic carbocycles. The van der Waals surface area contributed by atoms with Crippen molar-refractivity contribution in [2.45, 2.75) is 12.7 Å². The van der Waals surface area contributed by atoms with E-state index in [1.165, 1.54) is 17.4 Å². The first kappa shape index (κ1) is 15.5. The molecular weight excluding hydrogens is 329 g/mol. The number of H-pyrrole nitrogens is 1. The summed E-state index contributed by atoms with van der Waals surface area (Å²) in [5.41, 5.74) is -0.433. The fraction of sp³-hybridized carbons (Fsp3) is 0.214. The third-order valence-corrected chi connectivity index (χ3v) is 4.12. The lowest BCUT2D eigenvalue weighted by Crippen LogP contribution is -2.22. The monoisotopic (exact) mass is 340 g/mol. The zero-order chi connectivity index (χ0) is 16.6. The summed E-state index contributed by atoms with van der Waals surface area (Å²) in [5, 5.41) is 1.78. The second-order valence-corrected chi connectivity index (χ2v) is 5.82. The van der Waals surface area contributed by atoms with Crippen molar-refractivity contribution in [1.29, 1.82) is 0 Å². The van der Waals surface area contributed by atoms with Crippen molar-refractivity contribution in [2.24, 2.45) is 0 Å². The number of pyridine rings is 1. The van der Waals surface area contributed by atoms with Gasteiger partial charge in [-0.15, -0.1) is 11.3 Å². The van der Waals surface area contributed by atoms with Crippen molar-refractivity contribution in [3.8, 4) is 0 Å². The van der Waals surface area contributed by atoms with E-state index in [1.807, 2.05) is 0 Å². The topological polar surface area (TPSA) is 61.9 Å². The molecular formula is C14H11F3N4OS. The lowest BCUT2D eigenvalue weighted by atomic mass is 10.2. The van der Waals surface area contributed by atoms with Gasteiger partial charge in [0.25, 0.3) is 5.56 Å². The Balaban J connectivity index is 1.82. The Labute approximate surface area is 132 Å². The number of rotatable bonds is 3. The van der Waals surface area contributed by atoms with Gasteiger partial charge in [0.05, 0.1) is 17.6 Å². The van der Waals surface area contributed by atoms with E-state index in [4.69, 9.17) is 0 Å². The van der Waals surface area contributed by atoms with Crippen molar-refractivity contribution in [1.82, 2.24) is 15.0 Å². The molecule has 0 aliphatic rings. The minimum absolute atomic E-state index is 0.222. The Hall–Kier alpha value is -2.42. The predicted molar refractivity (Wildman–Crippen MR) is 81.6 cm³/mol. The molecule has 3 heterocycles. The quantitative estimate of drug-likeness (QED) is 0.796. The Morgan fingerprint density at radius 1 is 1.30 bits per heavy atom. The molecule has 0 atom stereocenters. The smallest absolute Gasteiger partial charge is 0.352 e. The first-order chi connectivity index (χ1) is 10.8. The number of halogens is 3. The highest BCUT2D eigenvalue weighted by Gasteiger charge is 2.30. The van der Waals surface area contributed by atoms with Crippen LogP contribution in [0.15, 0.2) is 34.6 Å². The predicted octanol–water partition coefficient (Wildman–Crippen LogP) is 3.03. The number of alkyl halides is 3. The van der Waals surface area contributed by atoms with Crippen LogP contribution < -0.4 is 10.5 Å². The number of thiophene rings is 1. The lowest BCUT2D eigenvalue weighted by molar-refractivity contribution is -0.137. The molecule has 5 nitrogen and oxygen atoms in total. The van der Waals surface area contributed by atoms with Crippen LogP contribution in [0.3, 0.4) is 0 Å². The molecule has 3 aromatic heterocycles. The molecule has 0 aromatic carbocycles. The summed E-state index contributed by atoms with van der Waals surface area (Å²) in [6.07, 6.45) is -3.63. The molecule has 0 unspecified atom stereocenters. The number of nitrogens with zero attached hydrogens (tertiary/aromatic N) is 3. The van der Waals surface area contributed by atoms with Gasteiger partial charge >= 0.3 is 6.18 Å². The zero-order valence-electron chi connectivity index (χ0n) is 11.9. The van der Waals surface area contributed by atoms with Crippen LogP contribution >= 0.6 is 11.3 Å². The summed E-state index contributed by atoms with van der Waals surface area (Å²) in [6, 6.07) is 4.00. The molecule has 120 valence electrons. The summed E-state index contributed by atoms with van der Waals surface area (Å²) >= 11 is 1.30. The second kappa shape index (κ2) is 5.65. The first-order valence-electron chi connectivity index (χ1n) is 6.55. The highest BCUT2D eigenvalue weighted by molar-refractivity contribution is 7.17. The highest BCUT2D eigenvalue weighted by Crippen LogP contribution is 2.29. The molecule has 0 spiro atoms. The number of aromatic nitrogens is 3. The minimum atomic E-state index is -4.42. The molecule has 0 radical (unpaired) electrons. The maximum Gasteiger partial charge on any atom is 0.417 e. The molecule has 3 aromatic rings. The van der Waals surface area contributed by atoms with Crippen LogP contribution in [0.1, 0.15) is 11.4 Å². The van der Waals surface area contributed by atoms with E-state index in [0.717, 1.165) is 12.3 Å². The average Bonchev–Trinajstić information content (AvgIpc) is 2.95. The molecule has 3 rings (SSSR count). The fourth-order valence-electron chi connectivity index (χ4n) is 2.08. The molecule has 0 amide bonds. The van der Waals surface area contributed by atoms with E-state index < -0.39 is 11.7 Å². The molecule has 1 N–H and O–H groups in total. The molecule has 0 bridgehead atoms. The van der Waals surface area contributed by atoms with E-state index in [1.54, 1.807) is 23.4 Å². The average molecular weight is 340 g/mol. The van der Waals surface area contributed by atoms with Crippen molar-refractivity contribution < 1.29 is 13.2 Å². The Bertz CT molecular complexity index is 885. The number of fused-ring (bicyclic) bond motifs is 1. The summed E-state index contributed by atoms with van der Waals surface area (Å²) in [5.74, 6) is 0.774. The van der Waals surface area contributed by atoms with Gasteiger partial charge in [-0.2, -0.15) is 13.2 Å². The van der Waals surface area contributed by atoms with Crippen molar-refractivity contribution in [2.75, 3.05) is 11.9 Å². The van der Waals surface area contributed by atoms with E-state index in [0.29, 0.717) is 21.9 Å².